The highest BCUT2D eigenvalue weighted by Crippen LogP contribution is 2.11. The molecule has 0 spiro atoms. The molecule has 0 amide bonds. The fraction of sp³-hybridized carbons (Fsp3) is 0.353. The van der Waals surface area contributed by atoms with Gasteiger partial charge in [0, 0.05) is 11.4 Å². The lowest BCUT2D eigenvalue weighted by Crippen LogP contribution is -2.09. The summed E-state index contributed by atoms with van der Waals surface area (Å²) in [5.41, 5.74) is 7.02. The number of rotatable bonds is 5. The predicted molar refractivity (Wildman–Crippen MR) is 87.6 cm³/mol. The van der Waals surface area contributed by atoms with Crippen LogP contribution in [-0.4, -0.2) is 15.7 Å². The van der Waals surface area contributed by atoms with E-state index in [2.05, 4.69) is 46.5 Å². The van der Waals surface area contributed by atoms with Gasteiger partial charge in [-0.25, -0.2) is 15.4 Å². The van der Waals surface area contributed by atoms with Crippen LogP contribution in [0.25, 0.3) is 0 Å². The second kappa shape index (κ2) is 6.97. The van der Waals surface area contributed by atoms with Crippen molar-refractivity contribution in [3.05, 3.63) is 53.3 Å². The fourth-order valence-corrected chi connectivity index (χ4v) is 2.14. The van der Waals surface area contributed by atoms with Gasteiger partial charge in [-0.3, -0.25) is 0 Å². The summed E-state index contributed by atoms with van der Waals surface area (Å²) in [6.07, 6.45) is 0.905. The Balaban J connectivity index is 2.24. The van der Waals surface area contributed by atoms with Crippen molar-refractivity contribution in [1.29, 1.82) is 0 Å². The van der Waals surface area contributed by atoms with Gasteiger partial charge in [0.25, 0.3) is 0 Å². The molecule has 2 rings (SSSR count). The van der Waals surface area contributed by atoms with Gasteiger partial charge >= 0.3 is 0 Å². The highest BCUT2D eigenvalue weighted by atomic mass is 15.4. The number of nitrogens with one attached hydrogen (secondary N) is 1. The molecule has 0 fully saturated rings. The van der Waals surface area contributed by atoms with Crippen LogP contribution in [0.3, 0.4) is 0 Å². The van der Waals surface area contributed by atoms with Gasteiger partial charge in [0.05, 0.1) is 5.71 Å². The fourth-order valence-electron chi connectivity index (χ4n) is 2.14. The number of nitrogens with zero attached hydrogens (tertiary/aromatic N) is 3. The summed E-state index contributed by atoms with van der Waals surface area (Å²) in [4.78, 5) is 8.70. The van der Waals surface area contributed by atoms with Gasteiger partial charge < -0.3 is 0 Å². The van der Waals surface area contributed by atoms with Crippen LogP contribution in [0.15, 0.2) is 41.5 Å². The summed E-state index contributed by atoms with van der Waals surface area (Å²) in [7, 11) is 0. The average Bonchev–Trinajstić information content (AvgIpc) is 2.43. The van der Waals surface area contributed by atoms with Crippen LogP contribution in [0.1, 0.15) is 37.2 Å². The summed E-state index contributed by atoms with van der Waals surface area (Å²) in [6.45, 7) is 8.28. The second-order valence-corrected chi connectivity index (χ2v) is 5.61. The third kappa shape index (κ3) is 4.67. The Bertz CT molecular complexity index is 598. The minimum atomic E-state index is 0.533. The molecule has 110 valence electrons. The molecule has 0 atom stereocenters. The number of benzene rings is 1. The lowest BCUT2D eigenvalue weighted by atomic mass is 10.0. The van der Waals surface area contributed by atoms with Crippen molar-refractivity contribution < 1.29 is 0 Å². The third-order valence-electron chi connectivity index (χ3n) is 2.98. The maximum atomic E-state index is 4.53. The molecule has 1 heterocycles. The number of anilines is 1. The van der Waals surface area contributed by atoms with E-state index in [1.165, 1.54) is 0 Å². The summed E-state index contributed by atoms with van der Waals surface area (Å²) in [6, 6.07) is 12.2. The highest BCUT2D eigenvalue weighted by molar-refractivity contribution is 6.00. The van der Waals surface area contributed by atoms with Gasteiger partial charge in [-0.15, -0.1) is 0 Å². The van der Waals surface area contributed by atoms with Crippen molar-refractivity contribution in [1.82, 2.24) is 9.97 Å². The summed E-state index contributed by atoms with van der Waals surface area (Å²) in [5, 5.41) is 4.53. The predicted octanol–water partition coefficient (Wildman–Crippen LogP) is 3.96. The molecule has 4 nitrogen and oxygen atoms in total. The first-order valence-electron chi connectivity index (χ1n) is 7.25. The van der Waals surface area contributed by atoms with E-state index in [9.17, 15) is 0 Å². The minimum Gasteiger partial charge on any atom is -0.245 e. The molecule has 0 aliphatic rings. The molecule has 1 N–H and O–H groups in total. The van der Waals surface area contributed by atoms with Crippen molar-refractivity contribution in [2.24, 2.45) is 11.0 Å². The molecular formula is C17H22N4. The second-order valence-electron chi connectivity index (χ2n) is 5.61. The Morgan fingerprint density at radius 1 is 1.10 bits per heavy atom. The molecular weight excluding hydrogens is 260 g/mol. The zero-order valence-electron chi connectivity index (χ0n) is 13.1. The molecule has 0 saturated carbocycles. The maximum absolute atomic E-state index is 4.53. The standard InChI is InChI=1S/C17H22N4/c1-12(2)10-16(15-8-6-5-7-9-15)20-21-17-18-13(3)11-14(4)19-17/h5-9,11-12H,10H2,1-4H3,(H,18,19,21)/b20-16+. The lowest BCUT2D eigenvalue weighted by molar-refractivity contribution is 0.683. The van der Waals surface area contributed by atoms with E-state index in [1.807, 2.05) is 38.1 Å². The SMILES string of the molecule is Cc1cc(C)nc(N/N=C(\CC(C)C)c2ccccc2)n1. The van der Waals surface area contributed by atoms with Crippen LogP contribution >= 0.6 is 0 Å². The van der Waals surface area contributed by atoms with Gasteiger partial charge in [-0.1, -0.05) is 44.2 Å². The van der Waals surface area contributed by atoms with E-state index in [1.54, 1.807) is 0 Å². The monoisotopic (exact) mass is 282 g/mol. The molecule has 0 unspecified atom stereocenters. The molecule has 0 aliphatic carbocycles. The van der Waals surface area contributed by atoms with E-state index < -0.39 is 0 Å². The normalized spacial score (nSPS) is 11.8. The lowest BCUT2D eigenvalue weighted by Gasteiger charge is -2.10. The van der Waals surface area contributed by atoms with Gasteiger partial charge in [0.15, 0.2) is 0 Å². The molecule has 21 heavy (non-hydrogen) atoms. The Morgan fingerprint density at radius 2 is 1.71 bits per heavy atom. The number of aryl methyl sites for hydroxylation is 2. The number of hydrazone groups is 1. The van der Waals surface area contributed by atoms with Crippen LogP contribution < -0.4 is 5.43 Å². The number of aromatic nitrogens is 2. The molecule has 1 aromatic carbocycles. The van der Waals surface area contributed by atoms with Crippen molar-refractivity contribution in [2.45, 2.75) is 34.1 Å². The van der Waals surface area contributed by atoms with E-state index in [0.717, 1.165) is 29.1 Å². The molecule has 1 aromatic heterocycles. The van der Waals surface area contributed by atoms with Crippen LogP contribution in [0.2, 0.25) is 0 Å². The highest BCUT2D eigenvalue weighted by Gasteiger charge is 2.07. The quantitative estimate of drug-likeness (QED) is 0.667. The van der Waals surface area contributed by atoms with Crippen LogP contribution in [0.5, 0.6) is 0 Å². The van der Waals surface area contributed by atoms with Gasteiger partial charge in [-0.05, 0) is 37.8 Å². The largest absolute Gasteiger partial charge is 0.245 e. The van der Waals surface area contributed by atoms with Gasteiger partial charge in [0.1, 0.15) is 0 Å². The molecule has 0 aliphatic heterocycles. The zero-order valence-corrected chi connectivity index (χ0v) is 13.1. The smallest absolute Gasteiger partial charge is 0.243 e. The van der Waals surface area contributed by atoms with Crippen LogP contribution in [-0.2, 0) is 0 Å². The Hall–Kier alpha value is -2.23. The average molecular weight is 282 g/mol. The molecule has 0 radical (unpaired) electrons. The van der Waals surface area contributed by atoms with Crippen LogP contribution in [0, 0.1) is 19.8 Å². The Kier molecular flexibility index (Phi) is 5.04. The first-order valence-corrected chi connectivity index (χ1v) is 7.25. The molecule has 4 heteroatoms. The van der Waals surface area contributed by atoms with Crippen molar-refractivity contribution in [2.75, 3.05) is 5.43 Å². The summed E-state index contributed by atoms with van der Waals surface area (Å²) in [5.74, 6) is 1.08. The van der Waals surface area contributed by atoms with E-state index in [-0.39, 0.29) is 0 Å². The van der Waals surface area contributed by atoms with E-state index >= 15 is 0 Å². The van der Waals surface area contributed by atoms with E-state index in [4.69, 9.17) is 0 Å². The first-order chi connectivity index (χ1) is 10.0. The number of hydrogen-bond acceptors (Lipinski definition) is 4. The van der Waals surface area contributed by atoms with Crippen molar-refractivity contribution >= 4 is 11.7 Å². The summed E-state index contributed by atoms with van der Waals surface area (Å²) < 4.78 is 0. The molecule has 0 saturated heterocycles. The van der Waals surface area contributed by atoms with Gasteiger partial charge in [-0.2, -0.15) is 5.10 Å². The third-order valence-corrected chi connectivity index (χ3v) is 2.98. The van der Waals surface area contributed by atoms with E-state index in [0.29, 0.717) is 11.9 Å². The Morgan fingerprint density at radius 3 is 2.29 bits per heavy atom. The van der Waals surface area contributed by atoms with Crippen LogP contribution in [0.4, 0.5) is 5.95 Å². The summed E-state index contributed by atoms with van der Waals surface area (Å²) >= 11 is 0. The van der Waals surface area contributed by atoms with Crippen molar-refractivity contribution in [3.8, 4) is 0 Å². The number of hydrogen-bond donors (Lipinski definition) is 1. The molecule has 0 bridgehead atoms. The Labute approximate surface area is 126 Å². The van der Waals surface area contributed by atoms with Gasteiger partial charge in [0.2, 0.25) is 5.95 Å². The maximum Gasteiger partial charge on any atom is 0.243 e. The first kappa shape index (κ1) is 15.2. The topological polar surface area (TPSA) is 50.2 Å². The zero-order chi connectivity index (χ0) is 15.2. The van der Waals surface area contributed by atoms with Crippen molar-refractivity contribution in [3.63, 3.8) is 0 Å². The minimum absolute atomic E-state index is 0.533. The molecule has 2 aromatic rings.